The second kappa shape index (κ2) is 7.45. The van der Waals surface area contributed by atoms with E-state index in [0.717, 1.165) is 37.4 Å². The van der Waals surface area contributed by atoms with E-state index in [-0.39, 0.29) is 12.5 Å². The molecule has 6 nitrogen and oxygen atoms in total. The van der Waals surface area contributed by atoms with Crippen molar-refractivity contribution in [1.82, 2.24) is 20.4 Å². The highest BCUT2D eigenvalue weighted by Crippen LogP contribution is 2.21. The summed E-state index contributed by atoms with van der Waals surface area (Å²) in [5, 5.41) is 10.6. The zero-order chi connectivity index (χ0) is 15.2. The number of rotatable bonds is 6. The van der Waals surface area contributed by atoms with Gasteiger partial charge in [-0.3, -0.25) is 9.48 Å². The maximum absolute atomic E-state index is 11.8. The molecule has 1 unspecified atom stereocenters. The highest BCUT2D eigenvalue weighted by Gasteiger charge is 2.14. The van der Waals surface area contributed by atoms with Crippen molar-refractivity contribution in [2.45, 2.75) is 33.1 Å². The van der Waals surface area contributed by atoms with Crippen LogP contribution in [-0.4, -0.2) is 41.9 Å². The molecular weight excluding hydrogens is 268 g/mol. The molecule has 21 heavy (non-hydrogen) atoms. The average Bonchev–Trinajstić information content (AvgIpc) is 2.71. The van der Waals surface area contributed by atoms with Crippen molar-refractivity contribution in [2.75, 3.05) is 26.2 Å². The van der Waals surface area contributed by atoms with E-state index in [1.165, 1.54) is 12.8 Å². The zero-order valence-electron chi connectivity index (χ0n) is 13.2. The minimum atomic E-state index is -0.0681. The maximum Gasteiger partial charge on any atom is 0.257 e. The van der Waals surface area contributed by atoms with E-state index in [1.807, 2.05) is 20.9 Å². The number of nitrogens with one attached hydrogen (secondary N) is 2. The minimum absolute atomic E-state index is 0.0519. The fraction of sp³-hybridized carbons (Fsp3) is 0.733. The van der Waals surface area contributed by atoms with Crippen molar-refractivity contribution in [3.05, 3.63) is 11.4 Å². The minimum Gasteiger partial charge on any atom is -0.480 e. The van der Waals surface area contributed by atoms with Crippen LogP contribution in [0.3, 0.4) is 0 Å². The number of hydrogen-bond acceptors (Lipinski definition) is 4. The summed E-state index contributed by atoms with van der Waals surface area (Å²) in [6.07, 6.45) is 3.53. The SMILES string of the molecule is Cc1nn(C)c(C)c1OCC(=O)NCCC1CCCNC1. The quantitative estimate of drug-likeness (QED) is 0.819. The standard InChI is InChI=1S/C15H26N4O2/c1-11-15(12(2)19(3)18-11)21-10-14(20)17-8-6-13-5-4-7-16-9-13/h13,16H,4-10H2,1-3H3,(H,17,20). The molecule has 1 saturated heterocycles. The normalized spacial score (nSPS) is 18.5. The van der Waals surface area contributed by atoms with Gasteiger partial charge < -0.3 is 15.4 Å². The number of aryl methyl sites for hydroxylation is 2. The van der Waals surface area contributed by atoms with Gasteiger partial charge >= 0.3 is 0 Å². The molecule has 1 fully saturated rings. The van der Waals surface area contributed by atoms with Crippen molar-refractivity contribution in [3.8, 4) is 5.75 Å². The molecule has 2 heterocycles. The first-order chi connectivity index (χ1) is 10.1. The van der Waals surface area contributed by atoms with Crippen molar-refractivity contribution in [2.24, 2.45) is 13.0 Å². The molecule has 0 saturated carbocycles. The van der Waals surface area contributed by atoms with Gasteiger partial charge in [0.1, 0.15) is 5.69 Å². The topological polar surface area (TPSA) is 68.2 Å². The lowest BCUT2D eigenvalue weighted by molar-refractivity contribution is -0.123. The van der Waals surface area contributed by atoms with E-state index in [0.29, 0.717) is 11.7 Å². The summed E-state index contributed by atoms with van der Waals surface area (Å²) in [6, 6.07) is 0. The zero-order valence-corrected chi connectivity index (χ0v) is 13.2. The summed E-state index contributed by atoms with van der Waals surface area (Å²) in [5.41, 5.74) is 1.75. The predicted octanol–water partition coefficient (Wildman–Crippen LogP) is 0.922. The molecule has 118 valence electrons. The third-order valence-electron chi connectivity index (χ3n) is 4.06. The summed E-state index contributed by atoms with van der Waals surface area (Å²) >= 11 is 0. The number of aromatic nitrogens is 2. The Morgan fingerprint density at radius 1 is 1.52 bits per heavy atom. The lowest BCUT2D eigenvalue weighted by atomic mass is 9.96. The first-order valence-corrected chi connectivity index (χ1v) is 7.68. The lowest BCUT2D eigenvalue weighted by Gasteiger charge is -2.22. The van der Waals surface area contributed by atoms with Gasteiger partial charge in [0.2, 0.25) is 0 Å². The summed E-state index contributed by atoms with van der Waals surface area (Å²) in [4.78, 5) is 11.8. The van der Waals surface area contributed by atoms with Crippen molar-refractivity contribution in [1.29, 1.82) is 0 Å². The van der Waals surface area contributed by atoms with Crippen molar-refractivity contribution < 1.29 is 9.53 Å². The molecule has 0 spiro atoms. The van der Waals surface area contributed by atoms with Crippen LogP contribution in [-0.2, 0) is 11.8 Å². The van der Waals surface area contributed by atoms with Gasteiger partial charge in [-0.15, -0.1) is 0 Å². The summed E-state index contributed by atoms with van der Waals surface area (Å²) in [6.45, 7) is 6.79. The van der Waals surface area contributed by atoms with Gasteiger partial charge in [-0.05, 0) is 52.1 Å². The Hall–Kier alpha value is -1.56. The monoisotopic (exact) mass is 294 g/mol. The molecule has 1 aromatic heterocycles. The van der Waals surface area contributed by atoms with Crippen molar-refractivity contribution in [3.63, 3.8) is 0 Å². The molecule has 0 aliphatic carbocycles. The molecule has 1 aliphatic rings. The average molecular weight is 294 g/mol. The van der Waals surface area contributed by atoms with Crippen LogP contribution in [0.2, 0.25) is 0 Å². The highest BCUT2D eigenvalue weighted by atomic mass is 16.5. The maximum atomic E-state index is 11.8. The molecule has 1 amide bonds. The van der Waals surface area contributed by atoms with E-state index in [4.69, 9.17) is 4.74 Å². The van der Waals surface area contributed by atoms with E-state index < -0.39 is 0 Å². The van der Waals surface area contributed by atoms with E-state index in [9.17, 15) is 4.79 Å². The fourth-order valence-corrected chi connectivity index (χ4v) is 2.74. The van der Waals surface area contributed by atoms with E-state index >= 15 is 0 Å². The van der Waals surface area contributed by atoms with Crippen LogP contribution in [0.1, 0.15) is 30.7 Å². The molecule has 1 atom stereocenters. The van der Waals surface area contributed by atoms with Gasteiger partial charge in [-0.2, -0.15) is 5.10 Å². The van der Waals surface area contributed by atoms with E-state index in [2.05, 4.69) is 15.7 Å². The molecule has 0 radical (unpaired) electrons. The molecule has 2 rings (SSSR count). The molecule has 1 aliphatic heterocycles. The Labute approximate surface area is 126 Å². The lowest BCUT2D eigenvalue weighted by Crippen LogP contribution is -2.34. The van der Waals surface area contributed by atoms with Crippen LogP contribution in [0.25, 0.3) is 0 Å². The second-order valence-corrected chi connectivity index (χ2v) is 5.76. The van der Waals surface area contributed by atoms with Crippen LogP contribution in [0, 0.1) is 19.8 Å². The van der Waals surface area contributed by atoms with Gasteiger partial charge in [0.25, 0.3) is 5.91 Å². The van der Waals surface area contributed by atoms with Crippen molar-refractivity contribution >= 4 is 5.91 Å². The third kappa shape index (κ3) is 4.46. The second-order valence-electron chi connectivity index (χ2n) is 5.76. The smallest absolute Gasteiger partial charge is 0.257 e. The summed E-state index contributed by atoms with van der Waals surface area (Å²) in [7, 11) is 1.87. The van der Waals surface area contributed by atoms with Gasteiger partial charge in [0, 0.05) is 13.6 Å². The van der Waals surface area contributed by atoms with Crippen LogP contribution in [0.4, 0.5) is 0 Å². The fourth-order valence-electron chi connectivity index (χ4n) is 2.74. The molecular formula is C15H26N4O2. The molecule has 0 aromatic carbocycles. The predicted molar refractivity (Wildman–Crippen MR) is 81.4 cm³/mol. The van der Waals surface area contributed by atoms with Crippen LogP contribution < -0.4 is 15.4 Å². The molecule has 6 heteroatoms. The summed E-state index contributed by atoms with van der Waals surface area (Å²) < 4.78 is 7.35. The molecule has 2 N–H and O–H groups in total. The molecule has 1 aromatic rings. The Kier molecular flexibility index (Phi) is 5.61. The van der Waals surface area contributed by atoms with Gasteiger partial charge in [-0.1, -0.05) is 0 Å². The van der Waals surface area contributed by atoms with Crippen LogP contribution in [0.5, 0.6) is 5.75 Å². The Morgan fingerprint density at radius 3 is 2.95 bits per heavy atom. The number of hydrogen-bond donors (Lipinski definition) is 2. The number of piperidine rings is 1. The van der Waals surface area contributed by atoms with Crippen LogP contribution in [0.15, 0.2) is 0 Å². The number of amides is 1. The number of ether oxygens (including phenoxy) is 1. The summed E-state index contributed by atoms with van der Waals surface area (Å²) in [5.74, 6) is 1.33. The first kappa shape index (κ1) is 15.8. The highest BCUT2D eigenvalue weighted by molar-refractivity contribution is 5.77. The first-order valence-electron chi connectivity index (χ1n) is 7.68. The third-order valence-corrected chi connectivity index (χ3v) is 4.06. The largest absolute Gasteiger partial charge is 0.480 e. The Morgan fingerprint density at radius 2 is 2.33 bits per heavy atom. The van der Waals surface area contributed by atoms with Gasteiger partial charge in [0.15, 0.2) is 12.4 Å². The van der Waals surface area contributed by atoms with Gasteiger partial charge in [-0.25, -0.2) is 0 Å². The Balaban J connectivity index is 1.67. The van der Waals surface area contributed by atoms with E-state index in [1.54, 1.807) is 4.68 Å². The number of nitrogens with zero attached hydrogens (tertiary/aromatic N) is 2. The van der Waals surface area contributed by atoms with Gasteiger partial charge in [0.05, 0.1) is 5.69 Å². The number of carbonyl (C=O) groups excluding carboxylic acids is 1. The molecule has 0 bridgehead atoms. The van der Waals surface area contributed by atoms with Crippen LogP contribution >= 0.6 is 0 Å². The Bertz CT molecular complexity index is 478. The number of carbonyl (C=O) groups is 1.